The second-order valence-electron chi connectivity index (χ2n) is 5.01. The van der Waals surface area contributed by atoms with Crippen molar-refractivity contribution in [1.29, 1.82) is 0 Å². The fourth-order valence-electron chi connectivity index (χ4n) is 1.99. The molecule has 0 radical (unpaired) electrons. The number of nitrogens with one attached hydrogen (secondary N) is 1. The maximum atomic E-state index is 9.27. The Morgan fingerprint density at radius 1 is 1.19 bits per heavy atom. The summed E-state index contributed by atoms with van der Waals surface area (Å²) in [5.74, 6) is 0.843. The molecule has 1 atom stereocenters. The van der Waals surface area contributed by atoms with Crippen LogP contribution in [0.4, 0.5) is 0 Å². The molecule has 0 aliphatic heterocycles. The maximum Gasteiger partial charge on any atom is 0.124 e. The first-order chi connectivity index (χ1) is 10.1. The van der Waals surface area contributed by atoms with Crippen LogP contribution in [0.1, 0.15) is 18.1 Å². The van der Waals surface area contributed by atoms with E-state index in [9.17, 15) is 5.11 Å². The highest BCUT2D eigenvalue weighted by Gasteiger charge is 2.04. The Hall–Kier alpha value is -1.55. The van der Waals surface area contributed by atoms with Crippen molar-refractivity contribution >= 4 is 11.6 Å². The lowest BCUT2D eigenvalue weighted by atomic mass is 10.2. The predicted molar refractivity (Wildman–Crippen MR) is 85.6 cm³/mol. The van der Waals surface area contributed by atoms with Crippen LogP contribution in [0.5, 0.6) is 5.75 Å². The molecule has 2 N–H and O–H groups in total. The lowest BCUT2D eigenvalue weighted by Crippen LogP contribution is -2.24. The zero-order valence-corrected chi connectivity index (χ0v) is 12.8. The zero-order chi connectivity index (χ0) is 15.1. The molecule has 0 aliphatic carbocycles. The average Bonchev–Trinajstić information content (AvgIpc) is 2.46. The largest absolute Gasteiger partial charge is 0.489 e. The van der Waals surface area contributed by atoms with Gasteiger partial charge in [-0.25, -0.2) is 0 Å². The molecular weight excluding hydrogens is 286 g/mol. The number of para-hydroxylation sites is 1. The first-order valence-corrected chi connectivity index (χ1v) is 7.37. The van der Waals surface area contributed by atoms with E-state index in [0.717, 1.165) is 16.9 Å². The number of aliphatic hydroxyl groups excluding tert-OH is 1. The fraction of sp³-hybridized carbons (Fsp3) is 0.294. The van der Waals surface area contributed by atoms with E-state index in [1.165, 1.54) is 0 Å². The van der Waals surface area contributed by atoms with E-state index in [2.05, 4.69) is 5.32 Å². The summed E-state index contributed by atoms with van der Waals surface area (Å²) in [5.41, 5.74) is 2.11. The van der Waals surface area contributed by atoms with Gasteiger partial charge in [0.25, 0.3) is 0 Å². The van der Waals surface area contributed by atoms with E-state index in [1.807, 2.05) is 48.5 Å². The number of halogens is 1. The molecule has 0 fully saturated rings. The average molecular weight is 306 g/mol. The van der Waals surface area contributed by atoms with Crippen molar-refractivity contribution in [2.24, 2.45) is 0 Å². The minimum atomic E-state index is -0.357. The molecule has 4 heteroatoms. The summed E-state index contributed by atoms with van der Waals surface area (Å²) in [6, 6.07) is 15.5. The predicted octanol–water partition coefficient (Wildman–Crippen LogP) is 3.39. The van der Waals surface area contributed by atoms with Crippen LogP contribution in [0.2, 0.25) is 5.02 Å². The number of rotatable bonds is 7. The van der Waals surface area contributed by atoms with Gasteiger partial charge in [-0.1, -0.05) is 41.9 Å². The Morgan fingerprint density at radius 2 is 2.00 bits per heavy atom. The number of hydrogen-bond acceptors (Lipinski definition) is 3. The van der Waals surface area contributed by atoms with E-state index in [1.54, 1.807) is 6.92 Å². The van der Waals surface area contributed by atoms with E-state index < -0.39 is 0 Å². The standard InChI is InChI=1S/C17H20ClNO2/c1-13(20)10-19-11-15-6-2-3-8-17(15)21-12-14-5-4-7-16(18)9-14/h2-9,13,19-20H,10-12H2,1H3/t13-/m1/s1. The van der Waals surface area contributed by atoms with Crippen LogP contribution in [0.25, 0.3) is 0 Å². The van der Waals surface area contributed by atoms with Crippen molar-refractivity contribution < 1.29 is 9.84 Å². The molecule has 0 aromatic heterocycles. The van der Waals surface area contributed by atoms with Crippen molar-refractivity contribution in [2.45, 2.75) is 26.2 Å². The minimum Gasteiger partial charge on any atom is -0.489 e. The van der Waals surface area contributed by atoms with Crippen molar-refractivity contribution in [1.82, 2.24) is 5.32 Å². The molecule has 0 saturated heterocycles. The van der Waals surface area contributed by atoms with Crippen LogP contribution >= 0.6 is 11.6 Å². The second-order valence-corrected chi connectivity index (χ2v) is 5.44. The summed E-state index contributed by atoms with van der Waals surface area (Å²) < 4.78 is 5.87. The van der Waals surface area contributed by atoms with E-state index in [-0.39, 0.29) is 6.10 Å². The van der Waals surface area contributed by atoms with Gasteiger partial charge in [-0.15, -0.1) is 0 Å². The number of hydrogen-bond donors (Lipinski definition) is 2. The van der Waals surface area contributed by atoms with Crippen LogP contribution < -0.4 is 10.1 Å². The second kappa shape index (κ2) is 8.03. The summed E-state index contributed by atoms with van der Waals surface area (Å²) in [6.45, 7) is 3.46. The van der Waals surface area contributed by atoms with Crippen molar-refractivity contribution in [2.75, 3.05) is 6.54 Å². The Balaban J connectivity index is 1.96. The van der Waals surface area contributed by atoms with Gasteiger partial charge in [0.05, 0.1) is 6.10 Å². The number of ether oxygens (including phenoxy) is 1. The van der Waals surface area contributed by atoms with Crippen LogP contribution in [0, 0.1) is 0 Å². The molecule has 2 rings (SSSR count). The third-order valence-corrected chi connectivity index (χ3v) is 3.25. The monoisotopic (exact) mass is 305 g/mol. The van der Waals surface area contributed by atoms with E-state index in [0.29, 0.717) is 24.7 Å². The quantitative estimate of drug-likeness (QED) is 0.824. The van der Waals surface area contributed by atoms with Gasteiger partial charge >= 0.3 is 0 Å². The highest BCUT2D eigenvalue weighted by molar-refractivity contribution is 6.30. The van der Waals surface area contributed by atoms with Crippen LogP contribution in [-0.4, -0.2) is 17.8 Å². The van der Waals surface area contributed by atoms with Gasteiger partial charge in [-0.3, -0.25) is 0 Å². The minimum absolute atomic E-state index is 0.357. The molecule has 0 unspecified atom stereocenters. The molecule has 112 valence electrons. The Kier molecular flexibility index (Phi) is 6.05. The third-order valence-electron chi connectivity index (χ3n) is 3.01. The lowest BCUT2D eigenvalue weighted by Gasteiger charge is -2.13. The lowest BCUT2D eigenvalue weighted by molar-refractivity contribution is 0.190. The molecular formula is C17H20ClNO2. The van der Waals surface area contributed by atoms with Crippen LogP contribution in [-0.2, 0) is 13.2 Å². The molecule has 21 heavy (non-hydrogen) atoms. The zero-order valence-electron chi connectivity index (χ0n) is 12.1. The molecule has 2 aromatic carbocycles. The highest BCUT2D eigenvalue weighted by atomic mass is 35.5. The number of benzene rings is 2. The Morgan fingerprint density at radius 3 is 2.76 bits per heavy atom. The van der Waals surface area contributed by atoms with Crippen LogP contribution in [0.3, 0.4) is 0 Å². The van der Waals surface area contributed by atoms with Gasteiger partial charge < -0.3 is 15.2 Å². The Bertz CT molecular complexity index is 572. The molecule has 0 spiro atoms. The van der Waals surface area contributed by atoms with Crippen molar-refractivity contribution in [3.63, 3.8) is 0 Å². The molecule has 0 heterocycles. The summed E-state index contributed by atoms with van der Waals surface area (Å²) in [4.78, 5) is 0. The molecule has 0 bridgehead atoms. The highest BCUT2D eigenvalue weighted by Crippen LogP contribution is 2.20. The molecule has 0 aliphatic rings. The summed E-state index contributed by atoms with van der Waals surface area (Å²) in [5, 5.41) is 13.2. The van der Waals surface area contributed by atoms with Crippen molar-refractivity contribution in [3.05, 3.63) is 64.7 Å². The van der Waals surface area contributed by atoms with E-state index >= 15 is 0 Å². The van der Waals surface area contributed by atoms with Gasteiger partial charge in [0.2, 0.25) is 0 Å². The fourth-order valence-corrected chi connectivity index (χ4v) is 2.21. The SMILES string of the molecule is C[C@@H](O)CNCc1ccccc1OCc1cccc(Cl)c1. The molecule has 0 amide bonds. The molecule has 3 nitrogen and oxygen atoms in total. The van der Waals surface area contributed by atoms with Gasteiger partial charge in [0, 0.05) is 23.7 Å². The maximum absolute atomic E-state index is 9.27. The summed E-state index contributed by atoms with van der Waals surface area (Å²) in [6.07, 6.45) is -0.357. The summed E-state index contributed by atoms with van der Waals surface area (Å²) in [7, 11) is 0. The normalized spacial score (nSPS) is 12.1. The van der Waals surface area contributed by atoms with Crippen LogP contribution in [0.15, 0.2) is 48.5 Å². The molecule has 2 aromatic rings. The van der Waals surface area contributed by atoms with Gasteiger partial charge in [-0.05, 0) is 30.7 Å². The first-order valence-electron chi connectivity index (χ1n) is 6.99. The smallest absolute Gasteiger partial charge is 0.124 e. The van der Waals surface area contributed by atoms with Gasteiger partial charge in [0.1, 0.15) is 12.4 Å². The topological polar surface area (TPSA) is 41.5 Å². The van der Waals surface area contributed by atoms with Crippen molar-refractivity contribution in [3.8, 4) is 5.75 Å². The number of aliphatic hydroxyl groups is 1. The first kappa shape index (κ1) is 15.8. The molecule has 0 saturated carbocycles. The van der Waals surface area contributed by atoms with Gasteiger partial charge in [0.15, 0.2) is 0 Å². The third kappa shape index (κ3) is 5.38. The Labute approximate surface area is 130 Å². The summed E-state index contributed by atoms with van der Waals surface area (Å²) >= 11 is 5.97. The van der Waals surface area contributed by atoms with E-state index in [4.69, 9.17) is 16.3 Å². The van der Waals surface area contributed by atoms with Gasteiger partial charge in [-0.2, -0.15) is 0 Å².